The summed E-state index contributed by atoms with van der Waals surface area (Å²) in [6.07, 6.45) is 0.805. The minimum atomic E-state index is -3.77. The molecule has 2 aliphatic heterocycles. The average molecular weight is 483 g/mol. The molecule has 0 unspecified atom stereocenters. The Kier molecular flexibility index (Phi) is 8.93. The molecule has 0 saturated carbocycles. The largest absolute Gasteiger partial charge is 0.490 e. The number of hydrogen-bond donors (Lipinski definition) is 1. The lowest BCUT2D eigenvalue weighted by atomic mass is 10.2. The van der Waals surface area contributed by atoms with E-state index in [1.165, 1.54) is 12.1 Å². The third-order valence-electron chi connectivity index (χ3n) is 5.86. The Morgan fingerprint density at radius 1 is 1.03 bits per heavy atom. The van der Waals surface area contributed by atoms with Crippen molar-refractivity contribution in [2.24, 2.45) is 0 Å². The zero-order valence-corrected chi connectivity index (χ0v) is 20.2. The second-order valence-electron chi connectivity index (χ2n) is 8.03. The summed E-state index contributed by atoms with van der Waals surface area (Å²) in [6, 6.07) is 4.50. The number of sulfonamides is 1. The first-order valence-corrected chi connectivity index (χ1v) is 13.0. The van der Waals surface area contributed by atoms with Gasteiger partial charge in [0.2, 0.25) is 21.8 Å². The predicted molar refractivity (Wildman–Crippen MR) is 123 cm³/mol. The van der Waals surface area contributed by atoms with Gasteiger partial charge < -0.3 is 19.3 Å². The molecule has 184 valence electrons. The normalized spacial score (nSPS) is 16.8. The van der Waals surface area contributed by atoms with Crippen molar-refractivity contribution in [3.05, 3.63) is 18.2 Å². The van der Waals surface area contributed by atoms with Gasteiger partial charge in [0, 0.05) is 64.7 Å². The molecule has 0 bridgehead atoms. The number of ether oxygens (including phenoxy) is 2. The standard InChI is InChI=1S/C22H34N4O6S/c1-3-25(4-2)22(28)17-24-10-12-26(13-11-24)21(27)8-9-23-33(29,30)18-6-7-19-20(16-18)32-15-5-14-31-19/h6-7,16,23H,3-5,8-15,17H2,1-2H3. The van der Waals surface area contributed by atoms with Crippen LogP contribution in [0.1, 0.15) is 26.7 Å². The lowest BCUT2D eigenvalue weighted by Gasteiger charge is -2.35. The number of benzene rings is 1. The van der Waals surface area contributed by atoms with Crippen molar-refractivity contribution in [2.75, 3.05) is 65.6 Å². The number of fused-ring (bicyclic) bond motifs is 1. The van der Waals surface area contributed by atoms with Gasteiger partial charge >= 0.3 is 0 Å². The molecular weight excluding hydrogens is 448 g/mol. The summed E-state index contributed by atoms with van der Waals surface area (Å²) in [5.74, 6) is 0.929. The van der Waals surface area contributed by atoms with E-state index in [0.29, 0.717) is 70.5 Å². The third-order valence-corrected chi connectivity index (χ3v) is 7.32. The van der Waals surface area contributed by atoms with Crippen LogP contribution in [0.15, 0.2) is 23.1 Å². The average Bonchev–Trinajstić information content (AvgIpc) is 3.05. The molecular formula is C22H34N4O6S. The zero-order chi connectivity index (χ0) is 23.8. The molecule has 2 aliphatic rings. The molecule has 2 heterocycles. The Morgan fingerprint density at radius 2 is 1.70 bits per heavy atom. The van der Waals surface area contributed by atoms with Crippen LogP contribution >= 0.6 is 0 Å². The van der Waals surface area contributed by atoms with Crippen LogP contribution in [-0.2, 0) is 19.6 Å². The molecule has 0 spiro atoms. The quantitative estimate of drug-likeness (QED) is 0.547. The van der Waals surface area contributed by atoms with Gasteiger partial charge in [0.05, 0.1) is 24.7 Å². The highest BCUT2D eigenvalue weighted by Gasteiger charge is 2.24. The molecule has 0 atom stereocenters. The van der Waals surface area contributed by atoms with E-state index in [4.69, 9.17) is 9.47 Å². The second kappa shape index (κ2) is 11.7. The van der Waals surface area contributed by atoms with Gasteiger partial charge in [-0.25, -0.2) is 13.1 Å². The first kappa shape index (κ1) is 25.3. The van der Waals surface area contributed by atoms with Crippen LogP contribution in [-0.4, -0.2) is 101 Å². The SMILES string of the molecule is CCN(CC)C(=O)CN1CCN(C(=O)CCNS(=O)(=O)c2ccc3c(c2)OCCCO3)CC1. The number of likely N-dealkylation sites (N-methyl/N-ethyl adjacent to an activating group) is 1. The smallest absolute Gasteiger partial charge is 0.240 e. The molecule has 11 heteroatoms. The Bertz CT molecular complexity index is 927. The number of amides is 2. The van der Waals surface area contributed by atoms with E-state index >= 15 is 0 Å². The number of piperazine rings is 1. The van der Waals surface area contributed by atoms with Crippen LogP contribution in [0, 0.1) is 0 Å². The molecule has 0 aromatic heterocycles. The summed E-state index contributed by atoms with van der Waals surface area (Å²) < 4.78 is 38.9. The first-order chi connectivity index (χ1) is 15.8. The number of nitrogens with zero attached hydrogens (tertiary/aromatic N) is 3. The number of nitrogens with one attached hydrogen (secondary N) is 1. The molecule has 3 rings (SSSR count). The monoisotopic (exact) mass is 482 g/mol. The van der Waals surface area contributed by atoms with Crippen molar-refractivity contribution in [2.45, 2.75) is 31.6 Å². The minimum Gasteiger partial charge on any atom is -0.490 e. The van der Waals surface area contributed by atoms with Gasteiger partial charge in [-0.3, -0.25) is 14.5 Å². The molecule has 1 aromatic carbocycles. The van der Waals surface area contributed by atoms with E-state index in [0.717, 1.165) is 6.42 Å². The minimum absolute atomic E-state index is 0.0102. The maximum absolute atomic E-state index is 12.6. The van der Waals surface area contributed by atoms with Gasteiger partial charge in [0.15, 0.2) is 11.5 Å². The number of rotatable bonds is 9. The fraction of sp³-hybridized carbons (Fsp3) is 0.636. The topological polar surface area (TPSA) is 108 Å². The molecule has 1 saturated heterocycles. The molecule has 1 fully saturated rings. The summed E-state index contributed by atoms with van der Waals surface area (Å²) in [5.41, 5.74) is 0. The van der Waals surface area contributed by atoms with Crippen molar-refractivity contribution >= 4 is 21.8 Å². The van der Waals surface area contributed by atoms with E-state index in [1.807, 2.05) is 13.8 Å². The Hall–Kier alpha value is -2.37. The number of hydrogen-bond acceptors (Lipinski definition) is 7. The van der Waals surface area contributed by atoms with E-state index < -0.39 is 10.0 Å². The fourth-order valence-corrected chi connectivity index (χ4v) is 4.91. The molecule has 2 amide bonds. The maximum atomic E-state index is 12.6. The number of carbonyl (C=O) groups excluding carboxylic acids is 2. The molecule has 1 N–H and O–H groups in total. The Morgan fingerprint density at radius 3 is 2.36 bits per heavy atom. The summed E-state index contributed by atoms with van der Waals surface area (Å²) in [7, 11) is -3.77. The lowest BCUT2D eigenvalue weighted by molar-refractivity contribution is -0.134. The zero-order valence-electron chi connectivity index (χ0n) is 19.4. The number of carbonyl (C=O) groups is 2. The van der Waals surface area contributed by atoms with Crippen molar-refractivity contribution in [3.8, 4) is 11.5 Å². The first-order valence-electron chi connectivity index (χ1n) is 11.5. The van der Waals surface area contributed by atoms with Crippen molar-refractivity contribution in [1.29, 1.82) is 0 Å². The van der Waals surface area contributed by atoms with Crippen LogP contribution in [0.5, 0.6) is 11.5 Å². The highest BCUT2D eigenvalue weighted by atomic mass is 32.2. The van der Waals surface area contributed by atoms with Crippen molar-refractivity contribution in [3.63, 3.8) is 0 Å². The van der Waals surface area contributed by atoms with Crippen LogP contribution in [0.2, 0.25) is 0 Å². The lowest BCUT2D eigenvalue weighted by Crippen LogP contribution is -2.51. The summed E-state index contributed by atoms with van der Waals surface area (Å²) in [4.78, 5) is 30.5. The van der Waals surface area contributed by atoms with E-state index in [9.17, 15) is 18.0 Å². The summed E-state index contributed by atoms with van der Waals surface area (Å²) >= 11 is 0. The van der Waals surface area contributed by atoms with Gasteiger partial charge in [-0.15, -0.1) is 0 Å². The highest BCUT2D eigenvalue weighted by molar-refractivity contribution is 7.89. The van der Waals surface area contributed by atoms with Crippen LogP contribution < -0.4 is 14.2 Å². The highest BCUT2D eigenvalue weighted by Crippen LogP contribution is 2.31. The van der Waals surface area contributed by atoms with E-state index in [-0.39, 0.29) is 29.7 Å². The van der Waals surface area contributed by atoms with Crippen LogP contribution in [0.3, 0.4) is 0 Å². The summed E-state index contributed by atoms with van der Waals surface area (Å²) in [6.45, 7) is 8.97. The van der Waals surface area contributed by atoms with Gasteiger partial charge in [0.1, 0.15) is 0 Å². The van der Waals surface area contributed by atoms with Crippen molar-refractivity contribution < 1.29 is 27.5 Å². The molecule has 10 nitrogen and oxygen atoms in total. The van der Waals surface area contributed by atoms with Crippen molar-refractivity contribution in [1.82, 2.24) is 19.4 Å². The van der Waals surface area contributed by atoms with Gasteiger partial charge in [0.25, 0.3) is 0 Å². The molecule has 0 aliphatic carbocycles. The maximum Gasteiger partial charge on any atom is 0.240 e. The fourth-order valence-electron chi connectivity index (χ4n) is 3.87. The van der Waals surface area contributed by atoms with Gasteiger partial charge in [-0.2, -0.15) is 0 Å². The van der Waals surface area contributed by atoms with E-state index in [2.05, 4.69) is 9.62 Å². The van der Waals surface area contributed by atoms with Gasteiger partial charge in [-0.1, -0.05) is 0 Å². The molecule has 1 aromatic rings. The van der Waals surface area contributed by atoms with Crippen LogP contribution in [0.4, 0.5) is 0 Å². The summed E-state index contributed by atoms with van der Waals surface area (Å²) in [5, 5.41) is 0. The van der Waals surface area contributed by atoms with Gasteiger partial charge in [-0.05, 0) is 26.0 Å². The van der Waals surface area contributed by atoms with E-state index in [1.54, 1.807) is 15.9 Å². The third kappa shape index (κ3) is 6.81. The van der Waals surface area contributed by atoms with Crippen LogP contribution in [0.25, 0.3) is 0 Å². The Balaban J connectivity index is 1.44. The Labute approximate surface area is 195 Å². The second-order valence-corrected chi connectivity index (χ2v) is 9.80. The predicted octanol–water partition coefficient (Wildman–Crippen LogP) is 0.529. The molecule has 0 radical (unpaired) electrons. The molecule has 33 heavy (non-hydrogen) atoms.